The van der Waals surface area contributed by atoms with Crippen LogP contribution in [0.3, 0.4) is 0 Å². The molecule has 0 saturated carbocycles. The molecule has 0 aromatic heterocycles. The quantitative estimate of drug-likeness (QED) is 0.689. The number of carbonyl (C=O) groups is 2. The zero-order valence-electron chi connectivity index (χ0n) is 16.4. The molecule has 1 fully saturated rings. The summed E-state index contributed by atoms with van der Waals surface area (Å²) in [5, 5.41) is 4.65. The third kappa shape index (κ3) is 4.32. The molecule has 0 bridgehead atoms. The molecular weight excluding hydrogens is 386 g/mol. The van der Waals surface area contributed by atoms with Crippen LogP contribution in [0.4, 0.5) is 14.5 Å². The summed E-state index contributed by atoms with van der Waals surface area (Å²) in [7, 11) is 0. The Kier molecular flexibility index (Phi) is 5.74. The Morgan fingerprint density at radius 1 is 1.03 bits per heavy atom. The van der Waals surface area contributed by atoms with E-state index in [1.807, 2.05) is 42.5 Å². The first-order valence-electron chi connectivity index (χ1n) is 10.0. The zero-order chi connectivity index (χ0) is 21.1. The van der Waals surface area contributed by atoms with Crippen molar-refractivity contribution in [1.29, 1.82) is 0 Å². The third-order valence-corrected chi connectivity index (χ3v) is 5.56. The number of benzene rings is 3. The second-order valence-electron chi connectivity index (χ2n) is 7.61. The SMILES string of the molecule is O=C(Nc1ccc(F)cc1F)[C@@H]1CCCN(C(=O)Cc2cccc3ccccc23)C1. The van der Waals surface area contributed by atoms with Crippen LogP contribution < -0.4 is 5.32 Å². The lowest BCUT2D eigenvalue weighted by Gasteiger charge is -2.32. The molecule has 2 amide bonds. The molecule has 0 unspecified atom stereocenters. The van der Waals surface area contributed by atoms with Crippen LogP contribution >= 0.6 is 0 Å². The highest BCUT2D eigenvalue weighted by molar-refractivity contribution is 5.94. The van der Waals surface area contributed by atoms with Gasteiger partial charge in [-0.15, -0.1) is 0 Å². The van der Waals surface area contributed by atoms with E-state index in [2.05, 4.69) is 5.32 Å². The number of nitrogens with zero attached hydrogens (tertiary/aromatic N) is 1. The van der Waals surface area contributed by atoms with E-state index in [0.717, 1.165) is 28.5 Å². The van der Waals surface area contributed by atoms with E-state index in [0.29, 0.717) is 19.4 Å². The van der Waals surface area contributed by atoms with Crippen molar-refractivity contribution >= 4 is 28.3 Å². The molecule has 1 aliphatic rings. The lowest BCUT2D eigenvalue weighted by Crippen LogP contribution is -2.44. The minimum absolute atomic E-state index is 0.0307. The minimum atomic E-state index is -0.817. The van der Waals surface area contributed by atoms with E-state index in [-0.39, 0.29) is 30.5 Å². The molecule has 4 rings (SSSR count). The summed E-state index contributed by atoms with van der Waals surface area (Å²) in [5.41, 5.74) is 0.902. The summed E-state index contributed by atoms with van der Waals surface area (Å²) in [4.78, 5) is 27.2. The first-order chi connectivity index (χ1) is 14.5. The first kappa shape index (κ1) is 20.0. The molecule has 0 spiro atoms. The Morgan fingerprint density at radius 3 is 2.67 bits per heavy atom. The predicted octanol–water partition coefficient (Wildman–Crippen LogP) is 4.54. The average Bonchev–Trinajstić information content (AvgIpc) is 2.76. The first-order valence-corrected chi connectivity index (χ1v) is 10.0. The van der Waals surface area contributed by atoms with Crippen molar-refractivity contribution < 1.29 is 18.4 Å². The van der Waals surface area contributed by atoms with Crippen molar-refractivity contribution in [3.8, 4) is 0 Å². The summed E-state index contributed by atoms with van der Waals surface area (Å²) in [6.07, 6.45) is 1.58. The van der Waals surface area contributed by atoms with Crippen molar-refractivity contribution in [3.05, 3.63) is 77.9 Å². The monoisotopic (exact) mass is 408 g/mol. The number of halogens is 2. The normalized spacial score (nSPS) is 16.5. The molecular formula is C24H22F2N2O2. The molecule has 4 nitrogen and oxygen atoms in total. The Bertz CT molecular complexity index is 1090. The smallest absolute Gasteiger partial charge is 0.229 e. The molecule has 3 aromatic carbocycles. The van der Waals surface area contributed by atoms with Gasteiger partial charge in [0.05, 0.1) is 18.0 Å². The van der Waals surface area contributed by atoms with Gasteiger partial charge in [0.25, 0.3) is 0 Å². The van der Waals surface area contributed by atoms with Crippen LogP contribution in [0, 0.1) is 17.6 Å². The van der Waals surface area contributed by atoms with Gasteiger partial charge in [-0.05, 0) is 41.3 Å². The van der Waals surface area contributed by atoms with Crippen LogP contribution in [-0.4, -0.2) is 29.8 Å². The fourth-order valence-corrected chi connectivity index (χ4v) is 3.96. The van der Waals surface area contributed by atoms with E-state index in [4.69, 9.17) is 0 Å². The number of anilines is 1. The van der Waals surface area contributed by atoms with Gasteiger partial charge in [0.2, 0.25) is 11.8 Å². The number of fused-ring (bicyclic) bond motifs is 1. The number of rotatable bonds is 4. The average molecular weight is 408 g/mol. The number of hydrogen-bond donors (Lipinski definition) is 1. The third-order valence-electron chi connectivity index (χ3n) is 5.56. The number of hydrogen-bond acceptors (Lipinski definition) is 2. The molecule has 1 atom stereocenters. The molecule has 1 N–H and O–H groups in total. The van der Waals surface area contributed by atoms with Gasteiger partial charge in [-0.2, -0.15) is 0 Å². The fourth-order valence-electron chi connectivity index (χ4n) is 3.96. The summed E-state index contributed by atoms with van der Waals surface area (Å²) in [6, 6.07) is 16.9. The van der Waals surface area contributed by atoms with Crippen LogP contribution in [0.1, 0.15) is 18.4 Å². The van der Waals surface area contributed by atoms with Crippen LogP contribution in [0.2, 0.25) is 0 Å². The van der Waals surface area contributed by atoms with Crippen LogP contribution in [0.5, 0.6) is 0 Å². The van der Waals surface area contributed by atoms with Crippen molar-refractivity contribution in [1.82, 2.24) is 4.90 Å². The Labute approximate surface area is 173 Å². The van der Waals surface area contributed by atoms with Crippen LogP contribution in [0.15, 0.2) is 60.7 Å². The molecule has 6 heteroatoms. The van der Waals surface area contributed by atoms with Gasteiger partial charge in [-0.25, -0.2) is 8.78 Å². The van der Waals surface area contributed by atoms with Gasteiger partial charge >= 0.3 is 0 Å². The topological polar surface area (TPSA) is 49.4 Å². The van der Waals surface area contributed by atoms with E-state index in [1.54, 1.807) is 4.90 Å². The van der Waals surface area contributed by atoms with Crippen LogP contribution in [-0.2, 0) is 16.0 Å². The molecule has 154 valence electrons. The molecule has 30 heavy (non-hydrogen) atoms. The maximum Gasteiger partial charge on any atom is 0.229 e. The van der Waals surface area contributed by atoms with Crippen molar-refractivity contribution in [2.45, 2.75) is 19.3 Å². The highest BCUT2D eigenvalue weighted by Gasteiger charge is 2.29. The Morgan fingerprint density at radius 2 is 1.83 bits per heavy atom. The summed E-state index contributed by atoms with van der Waals surface area (Å²) < 4.78 is 26.9. The standard InChI is InChI=1S/C24H22F2N2O2/c25-19-10-11-22(21(26)14-19)27-24(30)18-8-4-12-28(15-18)23(29)13-17-7-3-6-16-5-1-2-9-20(16)17/h1-3,5-7,9-11,14,18H,4,8,12-13,15H2,(H,27,30)/t18-/m1/s1. The number of nitrogens with one attached hydrogen (secondary N) is 1. The van der Waals surface area contributed by atoms with Crippen molar-refractivity contribution in [2.75, 3.05) is 18.4 Å². The van der Waals surface area contributed by atoms with Crippen LogP contribution in [0.25, 0.3) is 10.8 Å². The fraction of sp³-hybridized carbons (Fsp3) is 0.250. The van der Waals surface area contributed by atoms with Gasteiger partial charge in [-0.1, -0.05) is 42.5 Å². The summed E-state index contributed by atoms with van der Waals surface area (Å²) in [5.74, 6) is -2.34. The van der Waals surface area contributed by atoms with E-state index in [1.165, 1.54) is 6.07 Å². The Hall–Kier alpha value is -3.28. The van der Waals surface area contributed by atoms with E-state index < -0.39 is 17.6 Å². The number of likely N-dealkylation sites (tertiary alicyclic amines) is 1. The summed E-state index contributed by atoms with van der Waals surface area (Å²) >= 11 is 0. The van der Waals surface area contributed by atoms with Gasteiger partial charge < -0.3 is 10.2 Å². The highest BCUT2D eigenvalue weighted by atomic mass is 19.1. The maximum absolute atomic E-state index is 13.8. The second kappa shape index (κ2) is 8.61. The maximum atomic E-state index is 13.8. The largest absolute Gasteiger partial charge is 0.342 e. The van der Waals surface area contributed by atoms with Crippen molar-refractivity contribution in [3.63, 3.8) is 0 Å². The number of amides is 2. The Balaban J connectivity index is 1.43. The van der Waals surface area contributed by atoms with Gasteiger partial charge in [0, 0.05) is 19.2 Å². The minimum Gasteiger partial charge on any atom is -0.342 e. The predicted molar refractivity (Wildman–Crippen MR) is 112 cm³/mol. The number of carbonyl (C=O) groups excluding carboxylic acids is 2. The number of piperidine rings is 1. The van der Waals surface area contributed by atoms with E-state index >= 15 is 0 Å². The molecule has 1 aliphatic heterocycles. The van der Waals surface area contributed by atoms with Gasteiger partial charge in [0.15, 0.2) is 0 Å². The molecule has 0 aliphatic carbocycles. The summed E-state index contributed by atoms with van der Waals surface area (Å²) in [6.45, 7) is 0.885. The highest BCUT2D eigenvalue weighted by Crippen LogP contribution is 2.23. The second-order valence-corrected chi connectivity index (χ2v) is 7.61. The molecule has 0 radical (unpaired) electrons. The lowest BCUT2D eigenvalue weighted by molar-refractivity contribution is -0.133. The molecule has 3 aromatic rings. The molecule has 1 heterocycles. The van der Waals surface area contributed by atoms with Gasteiger partial charge in [0.1, 0.15) is 11.6 Å². The lowest BCUT2D eigenvalue weighted by atomic mass is 9.95. The van der Waals surface area contributed by atoms with Gasteiger partial charge in [-0.3, -0.25) is 9.59 Å². The molecule has 1 saturated heterocycles. The van der Waals surface area contributed by atoms with E-state index in [9.17, 15) is 18.4 Å². The van der Waals surface area contributed by atoms with Crippen molar-refractivity contribution in [2.24, 2.45) is 5.92 Å². The zero-order valence-corrected chi connectivity index (χ0v) is 16.4.